The van der Waals surface area contributed by atoms with Crippen molar-refractivity contribution >= 4 is 41.8 Å². The van der Waals surface area contributed by atoms with Crippen LogP contribution in [0.4, 0.5) is 5.69 Å². The molecule has 0 N–H and O–H groups in total. The van der Waals surface area contributed by atoms with Crippen LogP contribution >= 0.6 is 30.3 Å². The normalized spacial score (nSPS) is 16.4. The van der Waals surface area contributed by atoms with E-state index >= 15 is 0 Å². The molecule has 1 aliphatic rings. The molecule has 1 aliphatic heterocycles. The van der Waals surface area contributed by atoms with Crippen LogP contribution in [0.2, 0.25) is 0 Å². The SMILES string of the molecule is O=C1CCN(SI)c2ccccc2C1. The molecule has 0 bridgehead atoms. The average molecular weight is 319 g/mol. The molecular formula is C10H10INOS. The summed E-state index contributed by atoms with van der Waals surface area (Å²) in [5.74, 6) is 0.338. The molecule has 14 heavy (non-hydrogen) atoms. The second-order valence-electron chi connectivity index (χ2n) is 3.27. The highest BCUT2D eigenvalue weighted by Crippen LogP contribution is 2.32. The van der Waals surface area contributed by atoms with Gasteiger partial charge in [0.1, 0.15) is 5.78 Å². The molecule has 0 fully saturated rings. The Hall–Kier alpha value is -0.230. The quantitative estimate of drug-likeness (QED) is 0.586. The lowest BCUT2D eigenvalue weighted by Crippen LogP contribution is -2.14. The molecule has 4 heteroatoms. The van der Waals surface area contributed by atoms with Crippen molar-refractivity contribution in [2.24, 2.45) is 0 Å². The van der Waals surface area contributed by atoms with Gasteiger partial charge in [0.25, 0.3) is 0 Å². The van der Waals surface area contributed by atoms with E-state index in [0.29, 0.717) is 18.6 Å². The van der Waals surface area contributed by atoms with Crippen LogP contribution in [0.25, 0.3) is 0 Å². The van der Waals surface area contributed by atoms with E-state index in [1.54, 1.807) is 9.12 Å². The number of fused-ring (bicyclic) bond motifs is 1. The topological polar surface area (TPSA) is 20.3 Å². The number of halogens is 1. The van der Waals surface area contributed by atoms with Gasteiger partial charge < -0.3 is 4.31 Å². The summed E-state index contributed by atoms with van der Waals surface area (Å²) in [6.07, 6.45) is 1.24. The van der Waals surface area contributed by atoms with Gasteiger partial charge in [-0.05, 0) is 11.6 Å². The second-order valence-corrected chi connectivity index (χ2v) is 5.03. The van der Waals surface area contributed by atoms with Gasteiger partial charge in [0.05, 0.1) is 5.69 Å². The molecule has 2 nitrogen and oxygen atoms in total. The zero-order valence-corrected chi connectivity index (χ0v) is 10.5. The Labute approximate surface area is 99.8 Å². The molecule has 0 atom stereocenters. The van der Waals surface area contributed by atoms with Gasteiger partial charge >= 0.3 is 0 Å². The smallest absolute Gasteiger partial charge is 0.139 e. The van der Waals surface area contributed by atoms with Gasteiger partial charge in [-0.3, -0.25) is 4.79 Å². The van der Waals surface area contributed by atoms with E-state index in [-0.39, 0.29) is 0 Å². The predicted octanol–water partition coefficient (Wildman–Crippen LogP) is 3.01. The van der Waals surface area contributed by atoms with Crippen LogP contribution in [-0.2, 0) is 11.2 Å². The van der Waals surface area contributed by atoms with Gasteiger partial charge in [0.2, 0.25) is 0 Å². The average Bonchev–Trinajstić information content (AvgIpc) is 2.36. The van der Waals surface area contributed by atoms with Gasteiger partial charge in [-0.1, -0.05) is 18.2 Å². The first kappa shape index (κ1) is 10.3. The molecule has 0 unspecified atom stereocenters. The summed E-state index contributed by atoms with van der Waals surface area (Å²) in [7, 11) is 1.65. The number of nitrogens with zero attached hydrogens (tertiary/aromatic N) is 1. The Bertz CT molecular complexity index is 356. The molecule has 0 aliphatic carbocycles. The maximum absolute atomic E-state index is 11.5. The first-order valence-corrected chi connectivity index (χ1v) is 7.78. The number of carbonyl (C=O) groups is 1. The van der Waals surface area contributed by atoms with E-state index in [2.05, 4.69) is 31.6 Å². The molecule has 1 heterocycles. The lowest BCUT2D eigenvalue weighted by Gasteiger charge is -2.19. The van der Waals surface area contributed by atoms with E-state index in [1.807, 2.05) is 18.2 Å². The first-order valence-electron chi connectivity index (χ1n) is 4.47. The number of para-hydroxylation sites is 1. The number of hydrogen-bond donors (Lipinski definition) is 0. The Morgan fingerprint density at radius 3 is 2.93 bits per heavy atom. The van der Waals surface area contributed by atoms with Gasteiger partial charge in [-0.2, -0.15) is 0 Å². The van der Waals surface area contributed by atoms with Crippen LogP contribution in [-0.4, -0.2) is 12.3 Å². The van der Waals surface area contributed by atoms with Crippen LogP contribution in [0.15, 0.2) is 24.3 Å². The molecule has 1 aromatic rings. The molecule has 0 radical (unpaired) electrons. The highest BCUT2D eigenvalue weighted by atomic mass is 127. The Morgan fingerprint density at radius 2 is 2.14 bits per heavy atom. The van der Waals surface area contributed by atoms with Crippen LogP contribution < -0.4 is 4.31 Å². The van der Waals surface area contributed by atoms with Crippen LogP contribution in [0, 0.1) is 0 Å². The first-order chi connectivity index (χ1) is 6.81. The zero-order chi connectivity index (χ0) is 9.97. The summed E-state index contributed by atoms with van der Waals surface area (Å²) in [6.45, 7) is 0.823. The minimum atomic E-state index is 0.338. The van der Waals surface area contributed by atoms with E-state index in [0.717, 1.165) is 12.1 Å². The molecule has 0 saturated heterocycles. The summed E-state index contributed by atoms with van der Waals surface area (Å²) in [4.78, 5) is 11.5. The maximum atomic E-state index is 11.5. The second kappa shape index (κ2) is 4.53. The van der Waals surface area contributed by atoms with Crippen LogP contribution in [0.1, 0.15) is 12.0 Å². The molecule has 0 aromatic heterocycles. The van der Waals surface area contributed by atoms with Crippen molar-refractivity contribution in [2.75, 3.05) is 10.8 Å². The fourth-order valence-corrected chi connectivity index (χ4v) is 3.26. The fourth-order valence-electron chi connectivity index (χ4n) is 1.62. The summed E-state index contributed by atoms with van der Waals surface area (Å²) in [6, 6.07) is 8.14. The summed E-state index contributed by atoms with van der Waals surface area (Å²) < 4.78 is 2.18. The number of Topliss-reactive ketones (excluding diaryl/α,β-unsaturated/α-hetero) is 1. The predicted molar refractivity (Wildman–Crippen MR) is 68.7 cm³/mol. The largest absolute Gasteiger partial charge is 0.307 e. The highest BCUT2D eigenvalue weighted by molar-refractivity contribution is 14.2. The molecule has 0 amide bonds. The summed E-state index contributed by atoms with van der Waals surface area (Å²) in [5.41, 5.74) is 2.34. The number of anilines is 1. The van der Waals surface area contributed by atoms with Crippen molar-refractivity contribution in [3.8, 4) is 0 Å². The third-order valence-electron chi connectivity index (χ3n) is 2.32. The number of rotatable bonds is 1. The van der Waals surface area contributed by atoms with Crippen molar-refractivity contribution in [1.29, 1.82) is 0 Å². The van der Waals surface area contributed by atoms with Crippen LogP contribution in [0.3, 0.4) is 0 Å². The zero-order valence-electron chi connectivity index (χ0n) is 7.57. The lowest BCUT2D eigenvalue weighted by atomic mass is 10.1. The van der Waals surface area contributed by atoms with E-state index in [1.165, 1.54) is 5.69 Å². The van der Waals surface area contributed by atoms with Gasteiger partial charge in [0.15, 0.2) is 0 Å². The number of benzene rings is 1. The van der Waals surface area contributed by atoms with Crippen molar-refractivity contribution in [3.05, 3.63) is 29.8 Å². The standard InChI is InChI=1S/C10H10INOS/c11-14-12-6-5-9(13)7-8-3-1-2-4-10(8)12/h1-4H,5-7H2. The minimum Gasteiger partial charge on any atom is -0.307 e. The molecule has 2 rings (SSSR count). The Morgan fingerprint density at radius 1 is 1.36 bits per heavy atom. The monoisotopic (exact) mass is 319 g/mol. The van der Waals surface area contributed by atoms with Crippen molar-refractivity contribution < 1.29 is 4.79 Å². The van der Waals surface area contributed by atoms with Crippen LogP contribution in [0.5, 0.6) is 0 Å². The fraction of sp³-hybridized carbons (Fsp3) is 0.300. The number of hydrogen-bond acceptors (Lipinski definition) is 3. The number of carbonyl (C=O) groups excluding carboxylic acids is 1. The molecule has 0 spiro atoms. The lowest BCUT2D eigenvalue weighted by molar-refractivity contribution is -0.118. The summed E-state index contributed by atoms with van der Waals surface area (Å²) in [5, 5.41) is 0. The van der Waals surface area contributed by atoms with Crippen molar-refractivity contribution in [3.63, 3.8) is 0 Å². The van der Waals surface area contributed by atoms with E-state index in [4.69, 9.17) is 0 Å². The molecule has 0 saturated carbocycles. The van der Waals surface area contributed by atoms with Gasteiger partial charge in [0, 0.05) is 49.7 Å². The maximum Gasteiger partial charge on any atom is 0.139 e. The highest BCUT2D eigenvalue weighted by Gasteiger charge is 2.18. The Balaban J connectivity index is 2.40. The molecular weight excluding hydrogens is 309 g/mol. The van der Waals surface area contributed by atoms with E-state index < -0.39 is 0 Å². The van der Waals surface area contributed by atoms with E-state index in [9.17, 15) is 4.79 Å². The van der Waals surface area contributed by atoms with Gasteiger partial charge in [-0.25, -0.2) is 0 Å². The molecule has 74 valence electrons. The third kappa shape index (κ3) is 2.06. The molecule has 1 aromatic carbocycles. The van der Waals surface area contributed by atoms with Crippen molar-refractivity contribution in [2.45, 2.75) is 12.8 Å². The van der Waals surface area contributed by atoms with Crippen molar-refractivity contribution in [1.82, 2.24) is 0 Å². The minimum absolute atomic E-state index is 0.338. The Kier molecular flexibility index (Phi) is 3.33. The number of ketones is 1. The summed E-state index contributed by atoms with van der Waals surface area (Å²) >= 11 is 2.26. The van der Waals surface area contributed by atoms with Gasteiger partial charge in [-0.15, -0.1) is 0 Å². The third-order valence-corrected chi connectivity index (χ3v) is 4.30.